The minimum Gasteiger partial charge on any atom is -0.545 e. The molecule has 1 aromatic carbocycles. The second-order valence-electron chi connectivity index (χ2n) is 2.39. The molecule has 0 spiro atoms. The summed E-state index contributed by atoms with van der Waals surface area (Å²) in [6, 6.07) is 0.464. The fourth-order valence-electron chi connectivity index (χ4n) is 0.885. The number of benzene rings is 1. The van der Waals surface area contributed by atoms with Crippen molar-refractivity contribution in [2.45, 2.75) is 0 Å². The maximum Gasteiger partial charge on any atom is 0.159 e. The van der Waals surface area contributed by atoms with Gasteiger partial charge in [0.1, 0.15) is 0 Å². The van der Waals surface area contributed by atoms with Crippen LogP contribution in [0, 0.1) is 11.6 Å². The molecular formula is C8H2F2O4-2. The molecule has 0 N–H and O–H groups in total. The second kappa shape index (κ2) is 3.41. The molecule has 0 amide bonds. The van der Waals surface area contributed by atoms with Gasteiger partial charge >= 0.3 is 0 Å². The summed E-state index contributed by atoms with van der Waals surface area (Å²) in [5, 5.41) is 20.6. The number of carboxylic acid groups (broad SMARTS) is 2. The number of carbonyl (C=O) groups is 2. The predicted molar refractivity (Wildman–Crippen MR) is 35.0 cm³/mol. The van der Waals surface area contributed by atoms with E-state index in [4.69, 9.17) is 0 Å². The monoisotopic (exact) mass is 200 g/mol. The first-order chi connectivity index (χ1) is 6.43. The molecule has 0 radical (unpaired) electrons. The van der Waals surface area contributed by atoms with E-state index in [-0.39, 0.29) is 12.1 Å². The molecule has 6 heteroatoms. The number of hydrogen-bond acceptors (Lipinski definition) is 4. The lowest BCUT2D eigenvalue weighted by molar-refractivity contribution is -0.259. The van der Waals surface area contributed by atoms with Crippen LogP contribution in [0.1, 0.15) is 20.7 Å². The highest BCUT2D eigenvalue weighted by molar-refractivity contribution is 6.00. The Bertz CT molecular complexity index is 375. The molecule has 1 aromatic rings. The quantitative estimate of drug-likeness (QED) is 0.593. The highest BCUT2D eigenvalue weighted by atomic mass is 19.2. The van der Waals surface area contributed by atoms with E-state index in [1.165, 1.54) is 0 Å². The topological polar surface area (TPSA) is 80.3 Å². The van der Waals surface area contributed by atoms with Crippen molar-refractivity contribution in [1.29, 1.82) is 0 Å². The van der Waals surface area contributed by atoms with Gasteiger partial charge in [0, 0.05) is 11.1 Å². The number of carbonyl (C=O) groups excluding carboxylic acids is 2. The number of aromatic carboxylic acids is 2. The Morgan fingerprint density at radius 2 is 1.21 bits per heavy atom. The summed E-state index contributed by atoms with van der Waals surface area (Å²) in [5.41, 5.74) is -1.91. The predicted octanol–water partition coefficient (Wildman–Crippen LogP) is -1.31. The average molecular weight is 200 g/mol. The van der Waals surface area contributed by atoms with Crippen molar-refractivity contribution in [3.8, 4) is 0 Å². The normalized spacial score (nSPS) is 9.86. The molecule has 0 atom stereocenters. The number of halogens is 2. The summed E-state index contributed by atoms with van der Waals surface area (Å²) in [6.45, 7) is 0. The van der Waals surface area contributed by atoms with E-state index in [1.54, 1.807) is 0 Å². The largest absolute Gasteiger partial charge is 0.545 e. The van der Waals surface area contributed by atoms with Crippen molar-refractivity contribution < 1.29 is 28.6 Å². The Labute approximate surface area is 76.4 Å². The van der Waals surface area contributed by atoms with Gasteiger partial charge in [-0.25, -0.2) is 8.78 Å². The first-order valence-corrected chi connectivity index (χ1v) is 3.35. The lowest BCUT2D eigenvalue weighted by Gasteiger charge is -2.11. The van der Waals surface area contributed by atoms with Crippen molar-refractivity contribution in [2.75, 3.05) is 0 Å². The van der Waals surface area contributed by atoms with Gasteiger partial charge in [-0.05, 0) is 12.1 Å². The Kier molecular flexibility index (Phi) is 2.46. The standard InChI is InChI=1S/C8H4F2O4/c9-5-1-3(7(11)12)4(8(13)14)2-6(5)10/h1-2H,(H,11,12)(H,13,14)/p-2. The van der Waals surface area contributed by atoms with Crippen LogP contribution >= 0.6 is 0 Å². The maximum atomic E-state index is 12.5. The molecular weight excluding hydrogens is 198 g/mol. The molecule has 14 heavy (non-hydrogen) atoms. The van der Waals surface area contributed by atoms with Gasteiger partial charge in [-0.1, -0.05) is 0 Å². The molecule has 0 aliphatic heterocycles. The molecule has 0 aliphatic carbocycles. The van der Waals surface area contributed by atoms with Crippen LogP contribution in [-0.2, 0) is 0 Å². The molecule has 0 unspecified atom stereocenters. The molecule has 0 saturated carbocycles. The van der Waals surface area contributed by atoms with Crippen LogP contribution in [0.25, 0.3) is 0 Å². The lowest BCUT2D eigenvalue weighted by atomic mass is 10.1. The minimum atomic E-state index is -1.91. The third-order valence-electron chi connectivity index (χ3n) is 1.50. The van der Waals surface area contributed by atoms with Crippen molar-refractivity contribution >= 4 is 11.9 Å². The first kappa shape index (κ1) is 10.1. The maximum absolute atomic E-state index is 12.5. The number of hydrogen-bond donors (Lipinski definition) is 0. The van der Waals surface area contributed by atoms with Crippen LogP contribution in [0.2, 0.25) is 0 Å². The first-order valence-electron chi connectivity index (χ1n) is 3.35. The van der Waals surface area contributed by atoms with E-state index in [1.807, 2.05) is 0 Å². The SMILES string of the molecule is O=C([O-])c1cc(F)c(F)cc1C(=O)[O-]. The third kappa shape index (κ3) is 1.68. The highest BCUT2D eigenvalue weighted by Gasteiger charge is 2.10. The summed E-state index contributed by atoms with van der Waals surface area (Å²) in [4.78, 5) is 20.6. The number of carboxylic acids is 2. The van der Waals surface area contributed by atoms with Crippen molar-refractivity contribution in [1.82, 2.24) is 0 Å². The van der Waals surface area contributed by atoms with E-state index in [9.17, 15) is 28.6 Å². The van der Waals surface area contributed by atoms with Crippen LogP contribution in [0.3, 0.4) is 0 Å². The molecule has 0 aromatic heterocycles. The van der Waals surface area contributed by atoms with E-state index in [0.29, 0.717) is 0 Å². The fourth-order valence-corrected chi connectivity index (χ4v) is 0.885. The van der Waals surface area contributed by atoms with Crippen LogP contribution in [0.4, 0.5) is 8.78 Å². The smallest absolute Gasteiger partial charge is 0.159 e. The molecule has 0 aliphatic rings. The van der Waals surface area contributed by atoms with Crippen molar-refractivity contribution in [3.05, 3.63) is 34.9 Å². The van der Waals surface area contributed by atoms with E-state index in [0.717, 1.165) is 0 Å². The van der Waals surface area contributed by atoms with E-state index >= 15 is 0 Å². The van der Waals surface area contributed by atoms with Gasteiger partial charge in [0.05, 0.1) is 11.9 Å². The van der Waals surface area contributed by atoms with Crippen LogP contribution in [0.15, 0.2) is 12.1 Å². The Morgan fingerprint density at radius 1 is 0.929 bits per heavy atom. The van der Waals surface area contributed by atoms with E-state index in [2.05, 4.69) is 0 Å². The number of rotatable bonds is 2. The third-order valence-corrected chi connectivity index (χ3v) is 1.50. The molecule has 74 valence electrons. The highest BCUT2D eigenvalue weighted by Crippen LogP contribution is 2.13. The molecule has 0 saturated heterocycles. The Balaban J connectivity index is 3.46. The van der Waals surface area contributed by atoms with Gasteiger partial charge in [0.2, 0.25) is 0 Å². The molecule has 4 nitrogen and oxygen atoms in total. The summed E-state index contributed by atoms with van der Waals surface area (Å²) in [5.74, 6) is -6.75. The summed E-state index contributed by atoms with van der Waals surface area (Å²) in [6.07, 6.45) is 0. The minimum absolute atomic E-state index is 0.232. The zero-order valence-corrected chi connectivity index (χ0v) is 6.54. The van der Waals surface area contributed by atoms with Gasteiger partial charge in [-0.15, -0.1) is 0 Å². The van der Waals surface area contributed by atoms with Gasteiger partial charge in [-0.2, -0.15) is 0 Å². The van der Waals surface area contributed by atoms with Gasteiger partial charge < -0.3 is 19.8 Å². The van der Waals surface area contributed by atoms with Gasteiger partial charge in [-0.3, -0.25) is 0 Å². The molecule has 0 bridgehead atoms. The van der Waals surface area contributed by atoms with Gasteiger partial charge in [0.25, 0.3) is 0 Å². The van der Waals surface area contributed by atoms with Gasteiger partial charge in [0.15, 0.2) is 11.6 Å². The second-order valence-corrected chi connectivity index (χ2v) is 2.39. The summed E-state index contributed by atoms with van der Waals surface area (Å²) in [7, 11) is 0. The lowest BCUT2D eigenvalue weighted by Crippen LogP contribution is -2.30. The van der Waals surface area contributed by atoms with Crippen LogP contribution < -0.4 is 10.2 Å². The molecule has 0 fully saturated rings. The van der Waals surface area contributed by atoms with Crippen LogP contribution in [0.5, 0.6) is 0 Å². The van der Waals surface area contributed by atoms with Crippen molar-refractivity contribution in [2.24, 2.45) is 0 Å². The average Bonchev–Trinajstić information content (AvgIpc) is 2.08. The molecule has 0 heterocycles. The Hall–Kier alpha value is -1.98. The van der Waals surface area contributed by atoms with Crippen molar-refractivity contribution in [3.63, 3.8) is 0 Å². The fraction of sp³-hybridized carbons (Fsp3) is 0. The zero-order chi connectivity index (χ0) is 10.9. The zero-order valence-electron chi connectivity index (χ0n) is 6.54. The summed E-state index contributed by atoms with van der Waals surface area (Å²) < 4.78 is 25.0. The Morgan fingerprint density at radius 3 is 1.43 bits per heavy atom. The van der Waals surface area contributed by atoms with E-state index < -0.39 is 34.7 Å². The van der Waals surface area contributed by atoms with Crippen LogP contribution in [-0.4, -0.2) is 11.9 Å². The molecule has 1 rings (SSSR count). The summed E-state index contributed by atoms with van der Waals surface area (Å²) >= 11 is 0.